The molecule has 2 N–H and O–H groups in total. The van der Waals surface area contributed by atoms with Crippen LogP contribution in [0.5, 0.6) is 0 Å². The van der Waals surface area contributed by atoms with Crippen LogP contribution in [0, 0.1) is 11.8 Å². The second-order valence-electron chi connectivity index (χ2n) is 9.17. The molecule has 1 saturated carbocycles. The molecule has 4 rings (SSSR count). The smallest absolute Gasteiger partial charge is 0.250 e. The summed E-state index contributed by atoms with van der Waals surface area (Å²) in [4.78, 5) is 15.3. The average molecular weight is 555 g/mol. The summed E-state index contributed by atoms with van der Waals surface area (Å²) in [5.74, 6) is 0.515. The van der Waals surface area contributed by atoms with Crippen molar-refractivity contribution in [2.75, 3.05) is 19.6 Å². The summed E-state index contributed by atoms with van der Waals surface area (Å²) in [6.07, 6.45) is 5.41. The largest absolute Gasteiger partial charge is 0.353 e. The van der Waals surface area contributed by atoms with Gasteiger partial charge in [-0.2, -0.15) is 0 Å². The first-order valence-electron chi connectivity index (χ1n) is 11.7. The lowest BCUT2D eigenvalue weighted by Gasteiger charge is -2.34. The molecule has 2 aliphatic rings. The van der Waals surface area contributed by atoms with Gasteiger partial charge in [0.15, 0.2) is 0 Å². The summed E-state index contributed by atoms with van der Waals surface area (Å²) in [6.45, 7) is 3.42. The number of halogens is 1. The number of carbonyl (C=O) groups excluding carboxylic acids is 1. The van der Waals surface area contributed by atoms with Gasteiger partial charge in [0, 0.05) is 38.1 Å². The summed E-state index contributed by atoms with van der Waals surface area (Å²) < 4.78 is 28.7. The molecule has 0 atom stereocenters. The van der Waals surface area contributed by atoms with Crippen LogP contribution in [0.3, 0.4) is 0 Å². The number of carbonyl (C=O) groups is 1. The average Bonchev–Trinajstić information content (AvgIpc) is 3.27. The normalized spacial score (nSPS) is 22.8. The minimum atomic E-state index is -3.46. The molecule has 1 aliphatic carbocycles. The van der Waals surface area contributed by atoms with Crippen molar-refractivity contribution in [3.63, 3.8) is 0 Å². The molecular formula is C24H32BrN3O3S2. The highest BCUT2D eigenvalue weighted by Crippen LogP contribution is 2.30. The molecule has 1 amide bonds. The molecule has 1 aliphatic heterocycles. The van der Waals surface area contributed by atoms with Crippen LogP contribution in [0.2, 0.25) is 0 Å². The number of rotatable bonds is 8. The maximum Gasteiger partial charge on any atom is 0.250 e. The van der Waals surface area contributed by atoms with Crippen LogP contribution < -0.4 is 10.0 Å². The van der Waals surface area contributed by atoms with Gasteiger partial charge in [0.05, 0.1) is 3.79 Å². The fourth-order valence-corrected chi connectivity index (χ4v) is 7.94. The number of sulfonamides is 1. The maximum atomic E-state index is 12.8. The molecule has 33 heavy (non-hydrogen) atoms. The monoisotopic (exact) mass is 553 g/mol. The predicted molar refractivity (Wildman–Crippen MR) is 136 cm³/mol. The molecule has 0 unspecified atom stereocenters. The van der Waals surface area contributed by atoms with Gasteiger partial charge in [-0.1, -0.05) is 30.3 Å². The number of hydrogen-bond donors (Lipinski definition) is 2. The van der Waals surface area contributed by atoms with Crippen LogP contribution in [0.1, 0.15) is 44.1 Å². The van der Waals surface area contributed by atoms with Gasteiger partial charge < -0.3 is 5.32 Å². The van der Waals surface area contributed by atoms with Crippen molar-refractivity contribution in [3.05, 3.63) is 51.8 Å². The van der Waals surface area contributed by atoms with Crippen molar-refractivity contribution in [3.8, 4) is 0 Å². The zero-order chi connectivity index (χ0) is 23.3. The van der Waals surface area contributed by atoms with E-state index in [1.165, 1.54) is 16.9 Å². The number of benzene rings is 1. The molecule has 0 bridgehead atoms. The van der Waals surface area contributed by atoms with Crippen LogP contribution in [0.4, 0.5) is 0 Å². The lowest BCUT2D eigenvalue weighted by Crippen LogP contribution is -2.46. The SMILES string of the molecule is O=C(NC1CCN(Cc2ccccc2)CC1)C1CCC(CNS(=O)(=O)c2ccc(Br)s2)CC1. The Balaban J connectivity index is 1.15. The molecule has 1 aromatic carbocycles. The lowest BCUT2D eigenvalue weighted by atomic mass is 9.81. The van der Waals surface area contributed by atoms with Crippen LogP contribution in [-0.2, 0) is 21.4 Å². The zero-order valence-corrected chi connectivity index (χ0v) is 21.9. The molecule has 1 aromatic heterocycles. The third-order valence-corrected chi connectivity index (χ3v) is 10.3. The predicted octanol–water partition coefficient (Wildman–Crippen LogP) is 4.38. The Labute approximate surface area is 209 Å². The van der Waals surface area contributed by atoms with Crippen LogP contribution in [-0.4, -0.2) is 44.9 Å². The van der Waals surface area contributed by atoms with Crippen molar-refractivity contribution in [1.82, 2.24) is 14.9 Å². The molecule has 2 heterocycles. The minimum Gasteiger partial charge on any atom is -0.353 e. The van der Waals surface area contributed by atoms with E-state index in [1.54, 1.807) is 12.1 Å². The van der Waals surface area contributed by atoms with Crippen LogP contribution >= 0.6 is 27.3 Å². The molecule has 0 spiro atoms. The van der Waals surface area contributed by atoms with Gasteiger partial charge in [-0.25, -0.2) is 13.1 Å². The number of amides is 1. The van der Waals surface area contributed by atoms with E-state index in [4.69, 9.17) is 0 Å². The highest BCUT2D eigenvalue weighted by atomic mass is 79.9. The van der Waals surface area contributed by atoms with Crippen molar-refractivity contribution in [2.24, 2.45) is 11.8 Å². The summed E-state index contributed by atoms with van der Waals surface area (Å²) >= 11 is 4.52. The van der Waals surface area contributed by atoms with E-state index in [9.17, 15) is 13.2 Å². The quantitative estimate of drug-likeness (QED) is 0.508. The van der Waals surface area contributed by atoms with Gasteiger partial charge >= 0.3 is 0 Å². The summed E-state index contributed by atoms with van der Waals surface area (Å²) in [7, 11) is -3.46. The van der Waals surface area contributed by atoms with E-state index in [1.807, 2.05) is 6.07 Å². The van der Waals surface area contributed by atoms with Gasteiger partial charge in [0.2, 0.25) is 15.9 Å². The van der Waals surface area contributed by atoms with Crippen LogP contribution in [0.15, 0.2) is 50.5 Å². The first-order valence-corrected chi connectivity index (χ1v) is 14.8. The first-order chi connectivity index (χ1) is 15.9. The van der Waals surface area contributed by atoms with Gasteiger partial charge in [0.1, 0.15) is 4.21 Å². The Morgan fingerprint density at radius 1 is 1.00 bits per heavy atom. The van der Waals surface area contributed by atoms with E-state index >= 15 is 0 Å². The Kier molecular flexibility index (Phi) is 8.62. The molecule has 1 saturated heterocycles. The number of hydrogen-bond acceptors (Lipinski definition) is 5. The van der Waals surface area contributed by atoms with Gasteiger partial charge in [-0.05, 0) is 78.1 Å². The molecule has 6 nitrogen and oxygen atoms in total. The van der Waals surface area contributed by atoms with Gasteiger partial charge in [0.25, 0.3) is 0 Å². The van der Waals surface area contributed by atoms with Gasteiger partial charge in [-0.3, -0.25) is 9.69 Å². The van der Waals surface area contributed by atoms with E-state index < -0.39 is 10.0 Å². The Morgan fingerprint density at radius 2 is 1.70 bits per heavy atom. The van der Waals surface area contributed by atoms with E-state index in [0.29, 0.717) is 10.8 Å². The van der Waals surface area contributed by atoms with Crippen molar-refractivity contribution < 1.29 is 13.2 Å². The van der Waals surface area contributed by atoms with Crippen LogP contribution in [0.25, 0.3) is 0 Å². The molecule has 0 radical (unpaired) electrons. The summed E-state index contributed by atoms with van der Waals surface area (Å²) in [5.41, 5.74) is 1.34. The zero-order valence-electron chi connectivity index (χ0n) is 18.7. The topological polar surface area (TPSA) is 78.5 Å². The third-order valence-electron chi connectivity index (χ3n) is 6.78. The summed E-state index contributed by atoms with van der Waals surface area (Å²) in [5, 5.41) is 3.29. The molecule has 2 aromatic rings. The Hall–Kier alpha value is -1.26. The number of nitrogens with one attached hydrogen (secondary N) is 2. The summed E-state index contributed by atoms with van der Waals surface area (Å²) in [6, 6.07) is 14.2. The lowest BCUT2D eigenvalue weighted by molar-refractivity contribution is -0.127. The fraction of sp³-hybridized carbons (Fsp3) is 0.542. The van der Waals surface area contributed by atoms with E-state index in [2.05, 4.69) is 55.1 Å². The molecule has 9 heteroatoms. The van der Waals surface area contributed by atoms with Crippen molar-refractivity contribution >= 4 is 43.2 Å². The standard InChI is InChI=1S/C24H32BrN3O3S2/c25-22-10-11-23(32-22)33(30,31)26-16-18-6-8-20(9-7-18)24(29)27-21-12-14-28(15-13-21)17-19-4-2-1-3-5-19/h1-5,10-11,18,20-21,26H,6-9,12-17H2,(H,27,29). The highest BCUT2D eigenvalue weighted by Gasteiger charge is 2.29. The van der Waals surface area contributed by atoms with E-state index in [0.717, 1.165) is 61.9 Å². The molecule has 2 fully saturated rings. The molecule has 180 valence electrons. The first kappa shape index (κ1) is 24.9. The maximum absolute atomic E-state index is 12.8. The number of thiophene rings is 1. The second-order valence-corrected chi connectivity index (χ2v) is 13.6. The van der Waals surface area contributed by atoms with Crippen molar-refractivity contribution in [1.29, 1.82) is 0 Å². The highest BCUT2D eigenvalue weighted by molar-refractivity contribution is 9.11. The minimum absolute atomic E-state index is 0.0495. The fourth-order valence-electron chi connectivity index (χ4n) is 4.77. The number of piperidine rings is 1. The second kappa shape index (κ2) is 11.4. The van der Waals surface area contributed by atoms with Crippen molar-refractivity contribution in [2.45, 2.75) is 55.3 Å². The Bertz CT molecular complexity index is 1010. The number of nitrogens with zero attached hydrogens (tertiary/aromatic N) is 1. The van der Waals surface area contributed by atoms with Gasteiger partial charge in [-0.15, -0.1) is 11.3 Å². The molecular weight excluding hydrogens is 522 g/mol. The Morgan fingerprint density at radius 3 is 2.33 bits per heavy atom. The number of likely N-dealkylation sites (tertiary alicyclic amines) is 1. The van der Waals surface area contributed by atoms with E-state index in [-0.39, 0.29) is 23.8 Å². The third kappa shape index (κ3) is 7.11.